The highest BCUT2D eigenvalue weighted by Gasteiger charge is 1.99. The molecule has 1 aromatic carbocycles. The largest absolute Gasteiger partial charge is 0.377 e. The third kappa shape index (κ3) is 3.22. The zero-order valence-electron chi connectivity index (χ0n) is 7.78. The molecule has 0 bridgehead atoms. The molecule has 4 heteroatoms. The number of nitrogens with one attached hydrogen (secondary N) is 1. The summed E-state index contributed by atoms with van der Waals surface area (Å²) in [6, 6.07) is 6.95. The van der Waals surface area contributed by atoms with Gasteiger partial charge >= 0.3 is 0 Å². The van der Waals surface area contributed by atoms with Crippen molar-refractivity contribution in [2.75, 3.05) is 11.9 Å². The molecule has 1 N–H and O–H groups in total. The molecule has 0 heterocycles. The smallest absolute Gasteiger partial charge is 0.204 e. The highest BCUT2D eigenvalue weighted by molar-refractivity contribution is 7.96. The van der Waals surface area contributed by atoms with Gasteiger partial charge < -0.3 is 5.32 Å². The van der Waals surface area contributed by atoms with Crippen LogP contribution in [0.5, 0.6) is 0 Å². The van der Waals surface area contributed by atoms with Crippen LogP contribution in [-0.4, -0.2) is 17.4 Å². The molecule has 0 aliphatic rings. The lowest BCUT2D eigenvalue weighted by molar-refractivity contribution is -0.109. The first-order chi connectivity index (χ1) is 6.59. The first-order valence-electron chi connectivity index (χ1n) is 4.16. The van der Waals surface area contributed by atoms with Gasteiger partial charge in [-0.3, -0.25) is 9.59 Å². The summed E-state index contributed by atoms with van der Waals surface area (Å²) < 4.78 is 0. The average molecular weight is 209 g/mol. The number of carbonyl (C=O) groups excluding carboxylic acids is 2. The van der Waals surface area contributed by atoms with Crippen LogP contribution in [0.2, 0.25) is 0 Å². The van der Waals surface area contributed by atoms with Crippen molar-refractivity contribution >= 4 is 29.2 Å². The average Bonchev–Trinajstić information content (AvgIpc) is 2.15. The van der Waals surface area contributed by atoms with Gasteiger partial charge in [0.25, 0.3) is 0 Å². The van der Waals surface area contributed by atoms with Crippen molar-refractivity contribution in [1.29, 1.82) is 0 Å². The van der Waals surface area contributed by atoms with Crippen LogP contribution in [-0.2, 0) is 4.79 Å². The summed E-state index contributed by atoms with van der Waals surface area (Å²) in [5.74, 6) is 0.0295. The number of hydrogen-bond acceptors (Lipinski definition) is 3. The van der Waals surface area contributed by atoms with Crippen LogP contribution in [0, 0.1) is 0 Å². The van der Waals surface area contributed by atoms with Gasteiger partial charge in [0.1, 0.15) is 0 Å². The second kappa shape index (κ2) is 4.81. The number of Topliss-reactive ketones (excluding diaryl/α,β-unsaturated/α-hetero) is 1. The van der Waals surface area contributed by atoms with E-state index in [-0.39, 0.29) is 17.4 Å². The quantitative estimate of drug-likeness (QED) is 0.586. The predicted octanol–water partition coefficient (Wildman–Crippen LogP) is 1.76. The van der Waals surface area contributed by atoms with Gasteiger partial charge in [-0.25, -0.2) is 0 Å². The molecule has 0 spiro atoms. The van der Waals surface area contributed by atoms with Crippen molar-refractivity contribution in [3.8, 4) is 0 Å². The third-order valence-electron chi connectivity index (χ3n) is 1.74. The maximum Gasteiger partial charge on any atom is 0.204 e. The Morgan fingerprint density at radius 1 is 1.29 bits per heavy atom. The topological polar surface area (TPSA) is 46.2 Å². The second-order valence-electron chi connectivity index (χ2n) is 2.88. The minimum Gasteiger partial charge on any atom is -0.377 e. The Bertz CT molecular complexity index is 346. The third-order valence-corrected chi connectivity index (χ3v) is 1.89. The van der Waals surface area contributed by atoms with Gasteiger partial charge in [0.2, 0.25) is 5.12 Å². The van der Waals surface area contributed by atoms with Gasteiger partial charge in [0, 0.05) is 11.3 Å². The zero-order chi connectivity index (χ0) is 10.6. The van der Waals surface area contributed by atoms with E-state index >= 15 is 0 Å². The van der Waals surface area contributed by atoms with E-state index in [0.717, 1.165) is 5.69 Å². The van der Waals surface area contributed by atoms with E-state index in [1.165, 1.54) is 6.92 Å². The fourth-order valence-electron chi connectivity index (χ4n) is 1.00. The molecule has 0 radical (unpaired) electrons. The van der Waals surface area contributed by atoms with Crippen molar-refractivity contribution in [3.05, 3.63) is 29.8 Å². The van der Waals surface area contributed by atoms with E-state index < -0.39 is 0 Å². The first kappa shape index (κ1) is 10.8. The van der Waals surface area contributed by atoms with Gasteiger partial charge in [0.15, 0.2) is 5.78 Å². The van der Waals surface area contributed by atoms with Crippen molar-refractivity contribution in [1.82, 2.24) is 0 Å². The number of thiol groups is 1. The summed E-state index contributed by atoms with van der Waals surface area (Å²) >= 11 is 3.63. The molecule has 0 saturated heterocycles. The van der Waals surface area contributed by atoms with Crippen LogP contribution in [0.4, 0.5) is 5.69 Å². The minimum atomic E-state index is -0.222. The molecular formula is C10H11NO2S. The zero-order valence-corrected chi connectivity index (χ0v) is 8.67. The molecule has 0 amide bonds. The molecule has 0 aliphatic carbocycles. The van der Waals surface area contributed by atoms with Crippen LogP contribution in [0.15, 0.2) is 24.3 Å². The molecule has 1 rings (SSSR count). The van der Waals surface area contributed by atoms with Gasteiger partial charge in [-0.1, -0.05) is 0 Å². The maximum absolute atomic E-state index is 10.9. The van der Waals surface area contributed by atoms with Gasteiger partial charge in [0.05, 0.1) is 6.54 Å². The van der Waals surface area contributed by atoms with Crippen LogP contribution in [0.1, 0.15) is 17.3 Å². The molecule has 1 aromatic rings. The molecular weight excluding hydrogens is 198 g/mol. The molecule has 0 aromatic heterocycles. The van der Waals surface area contributed by atoms with E-state index in [1.807, 2.05) is 0 Å². The van der Waals surface area contributed by atoms with E-state index in [2.05, 4.69) is 17.9 Å². The Hall–Kier alpha value is -1.29. The summed E-state index contributed by atoms with van der Waals surface area (Å²) in [6.45, 7) is 1.70. The summed E-state index contributed by atoms with van der Waals surface area (Å²) in [6.07, 6.45) is 0. The SMILES string of the molecule is CC(=O)c1ccc(NCC(=O)S)cc1. The van der Waals surface area contributed by atoms with E-state index in [0.29, 0.717) is 5.56 Å². The fourth-order valence-corrected chi connectivity index (χ4v) is 1.08. The van der Waals surface area contributed by atoms with Crippen molar-refractivity contribution in [2.45, 2.75) is 6.92 Å². The van der Waals surface area contributed by atoms with Crippen LogP contribution < -0.4 is 5.32 Å². The van der Waals surface area contributed by atoms with E-state index in [4.69, 9.17) is 0 Å². The fraction of sp³-hybridized carbons (Fsp3) is 0.200. The molecule has 0 atom stereocenters. The Kier molecular flexibility index (Phi) is 3.71. The normalized spacial score (nSPS) is 9.57. The van der Waals surface area contributed by atoms with Crippen molar-refractivity contribution in [3.63, 3.8) is 0 Å². The monoisotopic (exact) mass is 209 g/mol. The Morgan fingerprint density at radius 2 is 1.86 bits per heavy atom. The maximum atomic E-state index is 10.9. The number of benzene rings is 1. The molecule has 74 valence electrons. The Labute approximate surface area is 87.9 Å². The van der Waals surface area contributed by atoms with E-state index in [1.54, 1.807) is 24.3 Å². The Morgan fingerprint density at radius 3 is 2.29 bits per heavy atom. The summed E-state index contributed by atoms with van der Waals surface area (Å²) in [5, 5.41) is 2.65. The summed E-state index contributed by atoms with van der Waals surface area (Å²) in [5.41, 5.74) is 1.46. The lowest BCUT2D eigenvalue weighted by Crippen LogP contribution is -2.07. The molecule has 3 nitrogen and oxygen atoms in total. The number of anilines is 1. The lowest BCUT2D eigenvalue weighted by Gasteiger charge is -2.03. The van der Waals surface area contributed by atoms with E-state index in [9.17, 15) is 9.59 Å². The number of hydrogen-bond donors (Lipinski definition) is 2. The summed E-state index contributed by atoms with van der Waals surface area (Å²) in [4.78, 5) is 21.5. The summed E-state index contributed by atoms with van der Waals surface area (Å²) in [7, 11) is 0. The van der Waals surface area contributed by atoms with Crippen molar-refractivity contribution < 1.29 is 9.59 Å². The second-order valence-corrected chi connectivity index (χ2v) is 3.38. The van der Waals surface area contributed by atoms with Gasteiger partial charge in [-0.2, -0.15) is 0 Å². The number of carbonyl (C=O) groups is 2. The first-order valence-corrected chi connectivity index (χ1v) is 4.61. The van der Waals surface area contributed by atoms with Crippen LogP contribution in [0.25, 0.3) is 0 Å². The molecule has 0 saturated carbocycles. The standard InChI is InChI=1S/C10H11NO2S/c1-7(12)8-2-4-9(5-3-8)11-6-10(13)14/h2-5,11H,6H2,1H3,(H,13,14). The van der Waals surface area contributed by atoms with Crippen LogP contribution in [0.3, 0.4) is 0 Å². The Balaban J connectivity index is 2.64. The van der Waals surface area contributed by atoms with Gasteiger partial charge in [-0.05, 0) is 31.2 Å². The van der Waals surface area contributed by atoms with Gasteiger partial charge in [-0.15, -0.1) is 12.6 Å². The molecule has 0 aliphatic heterocycles. The molecule has 0 unspecified atom stereocenters. The number of rotatable bonds is 4. The number of ketones is 1. The highest BCUT2D eigenvalue weighted by atomic mass is 32.1. The molecule has 0 fully saturated rings. The molecule has 14 heavy (non-hydrogen) atoms. The predicted molar refractivity (Wildman–Crippen MR) is 58.9 cm³/mol. The van der Waals surface area contributed by atoms with Crippen LogP contribution >= 0.6 is 12.6 Å². The highest BCUT2D eigenvalue weighted by Crippen LogP contribution is 2.09. The van der Waals surface area contributed by atoms with Crippen molar-refractivity contribution in [2.24, 2.45) is 0 Å². The lowest BCUT2D eigenvalue weighted by atomic mass is 10.1. The minimum absolute atomic E-state index is 0.0295.